The zero-order valence-electron chi connectivity index (χ0n) is 11.4. The van der Waals surface area contributed by atoms with Crippen molar-refractivity contribution < 1.29 is 9.53 Å². The minimum absolute atomic E-state index is 0.110. The Morgan fingerprint density at radius 1 is 1.10 bits per heavy atom. The van der Waals surface area contributed by atoms with Crippen LogP contribution in [-0.4, -0.2) is 12.4 Å². The van der Waals surface area contributed by atoms with Crippen LogP contribution in [0.4, 0.5) is 0 Å². The van der Waals surface area contributed by atoms with Crippen molar-refractivity contribution in [3.05, 3.63) is 64.1 Å². The van der Waals surface area contributed by atoms with Gasteiger partial charge in [0.25, 0.3) is 0 Å². The average Bonchev–Trinajstić information content (AvgIpc) is 2.48. The molecule has 0 heterocycles. The molecule has 0 amide bonds. The predicted molar refractivity (Wildman–Crippen MR) is 84.4 cm³/mol. The van der Waals surface area contributed by atoms with Crippen LogP contribution in [0.1, 0.15) is 29.3 Å². The average molecular weight is 333 g/mol. The predicted octanol–water partition coefficient (Wildman–Crippen LogP) is 4.66. The number of carbonyl (C=O) groups is 1. The maximum atomic E-state index is 12.2. The SMILES string of the molecule is CCCOc1ccc(C(=O)Cc2ccccc2Br)cc1. The first-order valence-corrected chi connectivity index (χ1v) is 7.49. The molecule has 2 aromatic rings. The number of ether oxygens (including phenoxy) is 1. The maximum Gasteiger partial charge on any atom is 0.167 e. The molecule has 0 N–H and O–H groups in total. The van der Waals surface area contributed by atoms with Gasteiger partial charge in [-0.15, -0.1) is 0 Å². The number of ketones is 1. The van der Waals surface area contributed by atoms with Gasteiger partial charge in [-0.2, -0.15) is 0 Å². The molecule has 0 aliphatic carbocycles. The van der Waals surface area contributed by atoms with Gasteiger partial charge in [-0.05, 0) is 42.3 Å². The second-order valence-corrected chi connectivity index (χ2v) is 5.42. The number of carbonyl (C=O) groups excluding carboxylic acids is 1. The fourth-order valence-electron chi connectivity index (χ4n) is 1.87. The highest BCUT2D eigenvalue weighted by molar-refractivity contribution is 9.10. The lowest BCUT2D eigenvalue weighted by Gasteiger charge is -2.06. The van der Waals surface area contributed by atoms with Crippen LogP contribution in [0.15, 0.2) is 53.0 Å². The van der Waals surface area contributed by atoms with Crippen LogP contribution in [0.2, 0.25) is 0 Å². The highest BCUT2D eigenvalue weighted by Crippen LogP contribution is 2.19. The molecular formula is C17H17BrO2. The lowest BCUT2D eigenvalue weighted by Crippen LogP contribution is -2.04. The Balaban J connectivity index is 2.04. The van der Waals surface area contributed by atoms with Crippen molar-refractivity contribution in [3.63, 3.8) is 0 Å². The standard InChI is InChI=1S/C17H17BrO2/c1-2-11-20-15-9-7-13(8-10-15)17(19)12-14-5-3-4-6-16(14)18/h3-10H,2,11-12H2,1H3. The Kier molecular flexibility index (Phi) is 5.36. The summed E-state index contributed by atoms with van der Waals surface area (Å²) in [7, 11) is 0. The summed E-state index contributed by atoms with van der Waals surface area (Å²) in [6.45, 7) is 2.76. The molecule has 2 nitrogen and oxygen atoms in total. The van der Waals surface area contributed by atoms with Gasteiger partial charge in [0.15, 0.2) is 5.78 Å². The monoisotopic (exact) mass is 332 g/mol. The summed E-state index contributed by atoms with van der Waals surface area (Å²) >= 11 is 3.47. The first-order valence-electron chi connectivity index (χ1n) is 6.70. The molecule has 0 bridgehead atoms. The van der Waals surface area contributed by atoms with Crippen molar-refractivity contribution >= 4 is 21.7 Å². The van der Waals surface area contributed by atoms with E-state index in [1.54, 1.807) is 0 Å². The minimum Gasteiger partial charge on any atom is -0.494 e. The van der Waals surface area contributed by atoms with E-state index in [9.17, 15) is 4.79 Å². The molecule has 0 saturated heterocycles. The first-order chi connectivity index (χ1) is 9.70. The Bertz CT molecular complexity index is 576. The topological polar surface area (TPSA) is 26.3 Å². The molecule has 0 saturated carbocycles. The summed E-state index contributed by atoms with van der Waals surface area (Å²) < 4.78 is 6.48. The molecule has 0 aromatic heterocycles. The molecular weight excluding hydrogens is 316 g/mol. The van der Waals surface area contributed by atoms with Gasteiger partial charge >= 0.3 is 0 Å². The number of halogens is 1. The number of hydrogen-bond acceptors (Lipinski definition) is 2. The molecule has 2 aromatic carbocycles. The smallest absolute Gasteiger partial charge is 0.167 e. The van der Waals surface area contributed by atoms with Crippen molar-refractivity contribution in [1.82, 2.24) is 0 Å². The lowest BCUT2D eigenvalue weighted by atomic mass is 10.0. The van der Waals surface area contributed by atoms with Crippen LogP contribution >= 0.6 is 15.9 Å². The Hall–Kier alpha value is -1.61. The zero-order valence-corrected chi connectivity index (χ0v) is 13.0. The van der Waals surface area contributed by atoms with Crippen molar-refractivity contribution in [2.24, 2.45) is 0 Å². The van der Waals surface area contributed by atoms with E-state index in [2.05, 4.69) is 22.9 Å². The third kappa shape index (κ3) is 3.94. The Morgan fingerprint density at radius 2 is 1.80 bits per heavy atom. The molecule has 3 heteroatoms. The molecule has 104 valence electrons. The molecule has 0 spiro atoms. The van der Waals surface area contributed by atoms with Crippen LogP contribution in [0.5, 0.6) is 5.75 Å². The van der Waals surface area contributed by atoms with Gasteiger partial charge in [0, 0.05) is 16.5 Å². The molecule has 2 rings (SSSR count). The van der Waals surface area contributed by atoms with Crippen molar-refractivity contribution in [1.29, 1.82) is 0 Å². The molecule has 0 unspecified atom stereocenters. The van der Waals surface area contributed by atoms with Gasteiger partial charge in [0.1, 0.15) is 5.75 Å². The highest BCUT2D eigenvalue weighted by Gasteiger charge is 2.09. The molecule has 20 heavy (non-hydrogen) atoms. The lowest BCUT2D eigenvalue weighted by molar-refractivity contribution is 0.0993. The normalized spacial score (nSPS) is 10.3. The quantitative estimate of drug-likeness (QED) is 0.719. The van der Waals surface area contributed by atoms with E-state index in [0.717, 1.165) is 22.2 Å². The summed E-state index contributed by atoms with van der Waals surface area (Å²) in [5.41, 5.74) is 1.72. The third-order valence-corrected chi connectivity index (χ3v) is 3.73. The van der Waals surface area contributed by atoms with Crippen LogP contribution in [0, 0.1) is 0 Å². The summed E-state index contributed by atoms with van der Waals surface area (Å²) in [5.74, 6) is 0.920. The summed E-state index contributed by atoms with van der Waals surface area (Å²) in [6, 6.07) is 15.1. The molecule has 0 aliphatic rings. The maximum absolute atomic E-state index is 12.2. The van der Waals surface area contributed by atoms with Crippen LogP contribution < -0.4 is 4.74 Å². The summed E-state index contributed by atoms with van der Waals surface area (Å²) in [6.07, 6.45) is 1.37. The summed E-state index contributed by atoms with van der Waals surface area (Å²) in [5, 5.41) is 0. The Labute approximate surface area is 127 Å². The number of Topliss-reactive ketones (excluding diaryl/α,β-unsaturated/α-hetero) is 1. The minimum atomic E-state index is 0.110. The second kappa shape index (κ2) is 7.25. The van der Waals surface area contributed by atoms with E-state index in [1.165, 1.54) is 0 Å². The van der Waals surface area contributed by atoms with Crippen molar-refractivity contribution in [2.45, 2.75) is 19.8 Å². The van der Waals surface area contributed by atoms with Crippen molar-refractivity contribution in [2.75, 3.05) is 6.61 Å². The van der Waals surface area contributed by atoms with Gasteiger partial charge in [0.05, 0.1) is 6.61 Å². The highest BCUT2D eigenvalue weighted by atomic mass is 79.9. The van der Waals surface area contributed by atoms with Crippen LogP contribution in [0.3, 0.4) is 0 Å². The van der Waals surface area contributed by atoms with E-state index < -0.39 is 0 Å². The van der Waals surface area contributed by atoms with E-state index >= 15 is 0 Å². The largest absolute Gasteiger partial charge is 0.494 e. The van der Waals surface area contributed by atoms with Crippen LogP contribution in [-0.2, 0) is 6.42 Å². The van der Waals surface area contributed by atoms with Crippen LogP contribution in [0.25, 0.3) is 0 Å². The van der Waals surface area contributed by atoms with Gasteiger partial charge in [-0.1, -0.05) is 41.1 Å². The second-order valence-electron chi connectivity index (χ2n) is 4.56. The fourth-order valence-corrected chi connectivity index (χ4v) is 2.30. The molecule has 0 radical (unpaired) electrons. The molecule has 0 atom stereocenters. The summed E-state index contributed by atoms with van der Waals surface area (Å²) in [4.78, 5) is 12.2. The van der Waals surface area contributed by atoms with E-state index in [1.807, 2.05) is 48.5 Å². The van der Waals surface area contributed by atoms with E-state index in [0.29, 0.717) is 18.6 Å². The van der Waals surface area contributed by atoms with Crippen molar-refractivity contribution in [3.8, 4) is 5.75 Å². The number of rotatable bonds is 6. The fraction of sp³-hybridized carbons (Fsp3) is 0.235. The van der Waals surface area contributed by atoms with Gasteiger partial charge < -0.3 is 4.74 Å². The number of benzene rings is 2. The first kappa shape index (κ1) is 14.8. The molecule has 0 fully saturated rings. The van der Waals surface area contributed by atoms with E-state index in [4.69, 9.17) is 4.74 Å². The molecule has 0 aliphatic heterocycles. The number of hydrogen-bond donors (Lipinski definition) is 0. The van der Waals surface area contributed by atoms with Gasteiger partial charge in [-0.25, -0.2) is 0 Å². The van der Waals surface area contributed by atoms with Gasteiger partial charge in [0.2, 0.25) is 0 Å². The van der Waals surface area contributed by atoms with Gasteiger partial charge in [-0.3, -0.25) is 4.79 Å². The zero-order chi connectivity index (χ0) is 14.4. The van der Waals surface area contributed by atoms with E-state index in [-0.39, 0.29) is 5.78 Å². The Morgan fingerprint density at radius 3 is 2.45 bits per heavy atom. The third-order valence-electron chi connectivity index (χ3n) is 2.96.